The molecule has 0 aliphatic heterocycles. The first-order valence-electron chi connectivity index (χ1n) is 2.13. The predicted octanol–water partition coefficient (Wildman–Crippen LogP) is 0.617. The molecule has 0 bridgehead atoms. The third kappa shape index (κ3) is 2.03. The van der Waals surface area contributed by atoms with Gasteiger partial charge >= 0.3 is 0 Å². The van der Waals surface area contributed by atoms with E-state index in [0.29, 0.717) is 5.75 Å². The van der Waals surface area contributed by atoms with Crippen molar-refractivity contribution in [3.63, 3.8) is 0 Å². The molecular formula is C4H8ClNOS. The summed E-state index contributed by atoms with van der Waals surface area (Å²) in [4.78, 5) is 12.4. The van der Waals surface area contributed by atoms with Gasteiger partial charge in [0.2, 0.25) is 0 Å². The van der Waals surface area contributed by atoms with Crippen LogP contribution in [0.2, 0.25) is 0 Å². The van der Waals surface area contributed by atoms with Crippen molar-refractivity contribution in [1.29, 1.82) is 0 Å². The van der Waals surface area contributed by atoms with E-state index < -0.39 is 5.54 Å². The van der Waals surface area contributed by atoms with Crippen LogP contribution >= 0.6 is 24.4 Å². The van der Waals surface area contributed by atoms with Crippen molar-refractivity contribution in [3.05, 3.63) is 0 Å². The minimum Gasteiger partial charge on any atom is -0.301 e. The van der Waals surface area contributed by atoms with E-state index in [1.807, 2.05) is 0 Å². The van der Waals surface area contributed by atoms with Crippen molar-refractivity contribution in [2.75, 3.05) is 5.75 Å². The van der Waals surface area contributed by atoms with Gasteiger partial charge in [-0.2, -0.15) is 12.6 Å². The van der Waals surface area contributed by atoms with Crippen molar-refractivity contribution in [2.24, 2.45) is 0 Å². The van der Waals surface area contributed by atoms with Crippen molar-refractivity contribution >= 4 is 30.7 Å². The molecule has 0 spiro atoms. The number of thiol groups is 1. The molecule has 0 amide bonds. The first kappa shape index (κ1) is 8.27. The topological polar surface area (TPSA) is 29.1 Å². The Labute approximate surface area is 59.1 Å². The van der Waals surface area contributed by atoms with Gasteiger partial charge in [0, 0.05) is 5.75 Å². The zero-order valence-electron chi connectivity index (χ0n) is 4.52. The second-order valence-corrected chi connectivity index (χ2v) is 2.29. The van der Waals surface area contributed by atoms with Gasteiger partial charge in [0.25, 0.3) is 0 Å². The molecule has 0 aromatic carbocycles. The number of hydrogen-bond donors (Lipinski definition) is 2. The lowest BCUT2D eigenvalue weighted by molar-refractivity contribution is -0.111. The minimum absolute atomic E-state index is 0.403. The highest BCUT2D eigenvalue weighted by Gasteiger charge is 2.18. The molecule has 1 N–H and O–H groups in total. The SMILES string of the molecule is C[C@@](C=O)(CS)NCl. The van der Waals surface area contributed by atoms with E-state index in [1.54, 1.807) is 6.92 Å². The summed E-state index contributed by atoms with van der Waals surface area (Å²) in [6, 6.07) is 0. The second kappa shape index (κ2) is 3.33. The molecule has 8 heavy (non-hydrogen) atoms. The Balaban J connectivity index is 3.76. The monoisotopic (exact) mass is 153 g/mol. The normalized spacial score (nSPS) is 17.4. The number of hydrogen-bond acceptors (Lipinski definition) is 3. The largest absolute Gasteiger partial charge is 0.301 e. The molecule has 0 aliphatic rings. The van der Waals surface area contributed by atoms with Gasteiger partial charge in [-0.05, 0) is 18.7 Å². The van der Waals surface area contributed by atoms with Gasteiger partial charge in [-0.15, -0.1) is 0 Å². The summed E-state index contributed by atoms with van der Waals surface area (Å²) in [5, 5.41) is 0. The fourth-order valence-corrected chi connectivity index (χ4v) is 0.448. The molecular weight excluding hydrogens is 146 g/mol. The van der Waals surface area contributed by atoms with Crippen LogP contribution in [0.3, 0.4) is 0 Å². The summed E-state index contributed by atoms with van der Waals surface area (Å²) in [5.41, 5.74) is -0.676. The van der Waals surface area contributed by atoms with Crippen LogP contribution < -0.4 is 4.84 Å². The van der Waals surface area contributed by atoms with E-state index in [1.165, 1.54) is 0 Å². The molecule has 0 aliphatic carbocycles. The standard InChI is InChI=1S/C4H8ClNOS/c1-4(2-7,3-8)6-5/h2,6,8H,3H2,1H3/t4-/m1/s1. The lowest BCUT2D eigenvalue weighted by Crippen LogP contribution is -2.40. The number of aldehydes is 1. The molecule has 2 nitrogen and oxygen atoms in total. The van der Waals surface area contributed by atoms with E-state index >= 15 is 0 Å². The zero-order chi connectivity index (χ0) is 6.62. The third-order valence-corrected chi connectivity index (χ3v) is 1.89. The molecule has 0 heterocycles. The van der Waals surface area contributed by atoms with Crippen LogP contribution in [-0.2, 0) is 4.79 Å². The van der Waals surface area contributed by atoms with Crippen molar-refractivity contribution in [1.82, 2.24) is 4.84 Å². The molecule has 0 rings (SSSR count). The maximum Gasteiger partial charge on any atom is 0.141 e. The Morgan fingerprint density at radius 2 is 2.50 bits per heavy atom. The van der Waals surface area contributed by atoms with Gasteiger partial charge in [0.1, 0.15) is 6.29 Å². The second-order valence-electron chi connectivity index (χ2n) is 1.79. The highest BCUT2D eigenvalue weighted by Crippen LogP contribution is 2.01. The van der Waals surface area contributed by atoms with Gasteiger partial charge in [-0.1, -0.05) is 0 Å². The summed E-state index contributed by atoms with van der Waals surface area (Å²) >= 11 is 9.06. The Kier molecular flexibility index (Phi) is 3.44. The van der Waals surface area contributed by atoms with Crippen molar-refractivity contribution in [2.45, 2.75) is 12.5 Å². The number of carbonyl (C=O) groups excluding carboxylic acids is 1. The lowest BCUT2D eigenvalue weighted by Gasteiger charge is -2.15. The fourth-order valence-electron chi connectivity index (χ4n) is 0.0894. The quantitative estimate of drug-likeness (QED) is 0.354. The van der Waals surface area contributed by atoms with Crippen LogP contribution in [0.4, 0.5) is 0 Å². The molecule has 0 saturated heterocycles. The van der Waals surface area contributed by atoms with Gasteiger partial charge in [0.05, 0.1) is 5.54 Å². The average Bonchev–Trinajstić information content (AvgIpc) is 1.87. The van der Waals surface area contributed by atoms with Gasteiger partial charge in [-0.25, -0.2) is 4.84 Å². The molecule has 0 unspecified atom stereocenters. The highest BCUT2D eigenvalue weighted by molar-refractivity contribution is 7.80. The molecule has 0 radical (unpaired) electrons. The molecule has 0 saturated carbocycles. The number of rotatable bonds is 3. The fraction of sp³-hybridized carbons (Fsp3) is 0.750. The Morgan fingerprint density at radius 3 is 2.50 bits per heavy atom. The summed E-state index contributed by atoms with van der Waals surface area (Å²) in [7, 11) is 0. The maximum atomic E-state index is 10.1. The van der Waals surface area contributed by atoms with E-state index in [-0.39, 0.29) is 0 Å². The lowest BCUT2D eigenvalue weighted by atomic mass is 10.1. The first-order valence-corrected chi connectivity index (χ1v) is 3.14. The molecule has 1 atom stereocenters. The maximum absolute atomic E-state index is 10.1. The Hall–Kier alpha value is 0.270. The predicted molar refractivity (Wildman–Crippen MR) is 37.3 cm³/mol. The molecule has 0 fully saturated rings. The third-order valence-electron chi connectivity index (χ3n) is 0.804. The van der Waals surface area contributed by atoms with E-state index in [0.717, 1.165) is 6.29 Å². The van der Waals surface area contributed by atoms with Gasteiger partial charge < -0.3 is 4.79 Å². The average molecular weight is 154 g/mol. The van der Waals surface area contributed by atoms with E-state index in [2.05, 4.69) is 17.5 Å². The minimum atomic E-state index is -0.676. The number of halogens is 1. The Morgan fingerprint density at radius 1 is 2.00 bits per heavy atom. The van der Waals surface area contributed by atoms with Gasteiger partial charge in [0.15, 0.2) is 0 Å². The van der Waals surface area contributed by atoms with Crippen LogP contribution in [-0.4, -0.2) is 17.6 Å². The summed E-state index contributed by atoms with van der Waals surface area (Å²) in [6.07, 6.45) is 0.729. The van der Waals surface area contributed by atoms with Crippen LogP contribution in [0.15, 0.2) is 0 Å². The number of nitrogens with one attached hydrogen (secondary N) is 1. The summed E-state index contributed by atoms with van der Waals surface area (Å²) < 4.78 is 0. The first-order chi connectivity index (χ1) is 3.68. The number of carbonyl (C=O) groups is 1. The van der Waals surface area contributed by atoms with Crippen molar-refractivity contribution < 1.29 is 4.79 Å². The Bertz CT molecular complexity index is 84.1. The van der Waals surface area contributed by atoms with E-state index in [9.17, 15) is 4.79 Å². The van der Waals surface area contributed by atoms with Crippen molar-refractivity contribution in [3.8, 4) is 0 Å². The van der Waals surface area contributed by atoms with E-state index in [4.69, 9.17) is 11.8 Å². The smallest absolute Gasteiger partial charge is 0.141 e. The van der Waals surface area contributed by atoms with Crippen LogP contribution in [0.5, 0.6) is 0 Å². The van der Waals surface area contributed by atoms with Crippen LogP contribution in [0.25, 0.3) is 0 Å². The molecule has 0 aromatic rings. The highest BCUT2D eigenvalue weighted by atomic mass is 35.5. The van der Waals surface area contributed by atoms with Crippen LogP contribution in [0, 0.1) is 0 Å². The van der Waals surface area contributed by atoms with Gasteiger partial charge in [-0.3, -0.25) is 0 Å². The summed E-state index contributed by atoms with van der Waals surface area (Å²) in [6.45, 7) is 1.67. The molecule has 4 heteroatoms. The van der Waals surface area contributed by atoms with Crippen LogP contribution in [0.1, 0.15) is 6.92 Å². The molecule has 0 aromatic heterocycles. The molecule has 48 valence electrons. The zero-order valence-corrected chi connectivity index (χ0v) is 6.17. The summed E-state index contributed by atoms with van der Waals surface area (Å²) in [5.74, 6) is 0.403.